The van der Waals surface area contributed by atoms with Crippen molar-refractivity contribution in [3.63, 3.8) is 0 Å². The molecule has 0 bridgehead atoms. The van der Waals surface area contributed by atoms with Crippen molar-refractivity contribution in [3.8, 4) is 11.1 Å². The molecule has 2 heteroatoms. The van der Waals surface area contributed by atoms with Crippen LogP contribution in [0.2, 0.25) is 0 Å². The number of hydrogen-bond donors (Lipinski definition) is 0. The van der Waals surface area contributed by atoms with E-state index in [2.05, 4.69) is 30.1 Å². The van der Waals surface area contributed by atoms with Crippen LogP contribution in [-0.2, 0) is 11.2 Å². The summed E-state index contributed by atoms with van der Waals surface area (Å²) in [5.41, 5.74) is 4.29. The minimum Gasteiger partial charge on any atom is -0.299 e. The number of nitrogens with zero attached hydrogens (tertiary/aromatic N) is 1. The number of unbranched alkanes of at least 4 members (excludes halogenated alkanes) is 2. The number of carbonyl (C=O) groups is 1. The Morgan fingerprint density at radius 2 is 1.71 bits per heavy atom. The van der Waals surface area contributed by atoms with E-state index in [1.165, 1.54) is 0 Å². The summed E-state index contributed by atoms with van der Waals surface area (Å²) in [5.74, 6) is 0.303. The molecule has 0 unspecified atom stereocenters. The van der Waals surface area contributed by atoms with E-state index in [4.69, 9.17) is 0 Å². The molecule has 24 heavy (non-hydrogen) atoms. The number of Topliss-reactive ketones (excluding diaryl/α,β-unsaturated/α-hetero) is 1. The Bertz CT molecular complexity index is 824. The van der Waals surface area contributed by atoms with Crippen molar-refractivity contribution in [2.24, 2.45) is 0 Å². The molecule has 0 saturated heterocycles. The normalized spacial score (nSPS) is 10.9. The zero-order valence-corrected chi connectivity index (χ0v) is 14.2. The number of carbonyl (C=O) groups excluding carboxylic acids is 1. The summed E-state index contributed by atoms with van der Waals surface area (Å²) in [7, 11) is 0. The van der Waals surface area contributed by atoms with Crippen LogP contribution in [0.5, 0.6) is 0 Å². The quantitative estimate of drug-likeness (QED) is 0.531. The topological polar surface area (TPSA) is 30.0 Å². The van der Waals surface area contributed by atoms with Gasteiger partial charge in [0, 0.05) is 24.4 Å². The predicted octanol–water partition coefficient (Wildman–Crippen LogP) is 5.59. The Hall–Kier alpha value is -2.48. The summed E-state index contributed by atoms with van der Waals surface area (Å²) in [6, 6.07) is 18.4. The molecule has 0 aliphatic rings. The minimum absolute atomic E-state index is 0.303. The maximum atomic E-state index is 12.4. The van der Waals surface area contributed by atoms with E-state index < -0.39 is 0 Å². The Kier molecular flexibility index (Phi) is 5.37. The van der Waals surface area contributed by atoms with Crippen LogP contribution < -0.4 is 0 Å². The van der Waals surface area contributed by atoms with Gasteiger partial charge in [-0.3, -0.25) is 9.78 Å². The number of ketones is 1. The monoisotopic (exact) mass is 317 g/mol. The number of fused-ring (bicyclic) bond motifs is 1. The molecule has 1 aromatic heterocycles. The first kappa shape index (κ1) is 16.4. The number of para-hydroxylation sites is 1. The molecule has 3 aromatic rings. The fourth-order valence-electron chi connectivity index (χ4n) is 3.14. The zero-order valence-electron chi connectivity index (χ0n) is 14.2. The Morgan fingerprint density at radius 1 is 0.958 bits per heavy atom. The van der Waals surface area contributed by atoms with Crippen LogP contribution in [-0.4, -0.2) is 10.8 Å². The van der Waals surface area contributed by atoms with Crippen LogP contribution in [0.15, 0.2) is 60.8 Å². The van der Waals surface area contributed by atoms with Crippen molar-refractivity contribution >= 4 is 16.7 Å². The van der Waals surface area contributed by atoms with Crippen LogP contribution in [0, 0.1) is 0 Å². The highest BCUT2D eigenvalue weighted by Gasteiger charge is 2.13. The second kappa shape index (κ2) is 7.87. The number of pyridine rings is 1. The number of hydrogen-bond acceptors (Lipinski definition) is 2. The summed E-state index contributed by atoms with van der Waals surface area (Å²) in [4.78, 5) is 16.9. The van der Waals surface area contributed by atoms with Crippen molar-refractivity contribution < 1.29 is 4.79 Å². The Balaban J connectivity index is 2.00. The van der Waals surface area contributed by atoms with E-state index in [1.807, 2.05) is 42.6 Å². The third-order valence-electron chi connectivity index (χ3n) is 4.36. The molecule has 3 rings (SSSR count). The second-order valence-corrected chi connectivity index (χ2v) is 6.21. The fourth-order valence-corrected chi connectivity index (χ4v) is 3.14. The van der Waals surface area contributed by atoms with Gasteiger partial charge in [-0.1, -0.05) is 68.3 Å². The molecule has 0 aliphatic heterocycles. The third-order valence-corrected chi connectivity index (χ3v) is 4.36. The molecular formula is C22H23NO. The van der Waals surface area contributed by atoms with Crippen LogP contribution in [0.1, 0.15) is 38.2 Å². The van der Waals surface area contributed by atoms with Crippen molar-refractivity contribution in [1.29, 1.82) is 0 Å². The van der Waals surface area contributed by atoms with Gasteiger partial charge in [-0.2, -0.15) is 0 Å². The average Bonchev–Trinajstić information content (AvgIpc) is 2.62. The molecule has 0 radical (unpaired) electrons. The molecular weight excluding hydrogens is 294 g/mol. The van der Waals surface area contributed by atoms with Gasteiger partial charge >= 0.3 is 0 Å². The van der Waals surface area contributed by atoms with E-state index in [-0.39, 0.29) is 0 Å². The maximum Gasteiger partial charge on any atom is 0.137 e. The molecule has 122 valence electrons. The second-order valence-electron chi connectivity index (χ2n) is 6.21. The summed E-state index contributed by atoms with van der Waals surface area (Å²) in [6.45, 7) is 2.16. The van der Waals surface area contributed by atoms with Crippen molar-refractivity contribution in [3.05, 3.63) is 66.4 Å². The highest BCUT2D eigenvalue weighted by Crippen LogP contribution is 2.31. The lowest BCUT2D eigenvalue weighted by Crippen LogP contribution is -2.05. The summed E-state index contributed by atoms with van der Waals surface area (Å²) in [6.07, 6.45) is 6.24. The van der Waals surface area contributed by atoms with Crippen molar-refractivity contribution in [2.75, 3.05) is 0 Å². The maximum absolute atomic E-state index is 12.4. The average molecular weight is 317 g/mol. The van der Waals surface area contributed by atoms with Crippen molar-refractivity contribution in [1.82, 2.24) is 4.98 Å². The molecule has 0 aliphatic carbocycles. The molecule has 2 nitrogen and oxygen atoms in total. The fraction of sp³-hybridized carbons (Fsp3) is 0.273. The van der Waals surface area contributed by atoms with E-state index in [9.17, 15) is 4.79 Å². The van der Waals surface area contributed by atoms with E-state index >= 15 is 0 Å². The van der Waals surface area contributed by atoms with Crippen LogP contribution in [0.25, 0.3) is 22.0 Å². The van der Waals surface area contributed by atoms with E-state index in [0.29, 0.717) is 18.6 Å². The van der Waals surface area contributed by atoms with Gasteiger partial charge in [-0.05, 0) is 29.2 Å². The lowest BCUT2D eigenvalue weighted by Gasteiger charge is -2.12. The lowest BCUT2D eigenvalue weighted by molar-refractivity contribution is -0.118. The molecule has 0 atom stereocenters. The third kappa shape index (κ3) is 3.70. The van der Waals surface area contributed by atoms with Crippen LogP contribution >= 0.6 is 0 Å². The Labute approximate surface area is 143 Å². The first-order chi connectivity index (χ1) is 11.8. The van der Waals surface area contributed by atoms with Crippen LogP contribution in [0.3, 0.4) is 0 Å². The largest absolute Gasteiger partial charge is 0.299 e. The molecule has 0 amide bonds. The number of rotatable bonds is 7. The van der Waals surface area contributed by atoms with E-state index in [0.717, 1.165) is 46.9 Å². The highest BCUT2D eigenvalue weighted by molar-refractivity contribution is 5.97. The minimum atomic E-state index is 0.303. The molecule has 0 N–H and O–H groups in total. The molecule has 0 spiro atoms. The predicted molar refractivity (Wildman–Crippen MR) is 100 cm³/mol. The van der Waals surface area contributed by atoms with Gasteiger partial charge in [0.2, 0.25) is 0 Å². The summed E-state index contributed by atoms with van der Waals surface area (Å²) in [5, 5.41) is 1.11. The van der Waals surface area contributed by atoms with Gasteiger partial charge in [0.1, 0.15) is 5.78 Å². The SMILES string of the molecule is CCCCCC(=O)Cc1cnc2ccccc2c1-c1ccccc1. The number of benzene rings is 2. The molecule has 1 heterocycles. The van der Waals surface area contributed by atoms with Crippen LogP contribution in [0.4, 0.5) is 0 Å². The Morgan fingerprint density at radius 3 is 2.50 bits per heavy atom. The standard InChI is InChI=1S/C22H23NO/c1-2-3-5-12-19(24)15-18-16-23-21-14-9-8-13-20(21)22(18)17-10-6-4-7-11-17/h4,6-11,13-14,16H,2-3,5,12,15H2,1H3. The first-order valence-corrected chi connectivity index (χ1v) is 8.73. The van der Waals surface area contributed by atoms with Gasteiger partial charge in [-0.25, -0.2) is 0 Å². The van der Waals surface area contributed by atoms with Gasteiger partial charge in [-0.15, -0.1) is 0 Å². The van der Waals surface area contributed by atoms with Gasteiger partial charge < -0.3 is 0 Å². The summed E-state index contributed by atoms with van der Waals surface area (Å²) < 4.78 is 0. The smallest absolute Gasteiger partial charge is 0.137 e. The van der Waals surface area contributed by atoms with Crippen molar-refractivity contribution in [2.45, 2.75) is 39.0 Å². The van der Waals surface area contributed by atoms with Gasteiger partial charge in [0.25, 0.3) is 0 Å². The molecule has 2 aromatic carbocycles. The lowest BCUT2D eigenvalue weighted by atomic mass is 9.93. The zero-order chi connectivity index (χ0) is 16.8. The summed E-state index contributed by atoms with van der Waals surface area (Å²) >= 11 is 0. The molecule has 0 fully saturated rings. The number of aromatic nitrogens is 1. The highest BCUT2D eigenvalue weighted by atomic mass is 16.1. The van der Waals surface area contributed by atoms with Gasteiger partial charge in [0.05, 0.1) is 5.52 Å². The van der Waals surface area contributed by atoms with Gasteiger partial charge in [0.15, 0.2) is 0 Å². The van der Waals surface area contributed by atoms with E-state index in [1.54, 1.807) is 0 Å². The molecule has 0 saturated carbocycles. The first-order valence-electron chi connectivity index (χ1n) is 8.73.